The van der Waals surface area contributed by atoms with Gasteiger partial charge in [-0.25, -0.2) is 9.87 Å². The van der Waals surface area contributed by atoms with Gasteiger partial charge in [-0.2, -0.15) is 0 Å². The van der Waals surface area contributed by atoms with Crippen LogP contribution in [0.15, 0.2) is 16.6 Å². The van der Waals surface area contributed by atoms with Gasteiger partial charge in [0.25, 0.3) is 0 Å². The lowest BCUT2D eigenvalue weighted by atomic mass is 10.2. The van der Waals surface area contributed by atoms with Crippen LogP contribution in [0.4, 0.5) is 4.39 Å². The van der Waals surface area contributed by atoms with Gasteiger partial charge in [-0.15, -0.1) is 0 Å². The molecule has 0 aliphatic rings. The van der Waals surface area contributed by atoms with Crippen molar-refractivity contribution in [3.05, 3.63) is 33.0 Å². The minimum Gasteiger partial charge on any atom is -0.316 e. The maximum atomic E-state index is 13.0. The molecule has 0 bridgehead atoms. The van der Waals surface area contributed by atoms with Crippen LogP contribution in [0.1, 0.15) is 5.56 Å². The van der Waals surface area contributed by atoms with Crippen LogP contribution in [0.25, 0.3) is 0 Å². The van der Waals surface area contributed by atoms with E-state index in [1.165, 1.54) is 12.1 Å². The van der Waals surface area contributed by atoms with Gasteiger partial charge in [-0.05, 0) is 28.1 Å². The number of hydroxylamine groups is 1. The van der Waals surface area contributed by atoms with E-state index in [1.807, 2.05) is 5.48 Å². The monoisotopic (exact) mass is 253 g/mol. The Bertz CT molecular complexity index is 295. The van der Waals surface area contributed by atoms with Gasteiger partial charge in [0.05, 0.1) is 5.02 Å². The zero-order valence-corrected chi connectivity index (χ0v) is 8.28. The molecule has 0 fully saturated rings. The lowest BCUT2D eigenvalue weighted by molar-refractivity contribution is 0.159. The fourth-order valence-corrected chi connectivity index (χ4v) is 1.45. The first kappa shape index (κ1) is 9.92. The Morgan fingerprint density at radius 3 is 2.83 bits per heavy atom. The molecule has 0 aliphatic carbocycles. The molecular weight excluding hydrogens is 248 g/mol. The van der Waals surface area contributed by atoms with E-state index in [9.17, 15) is 4.39 Å². The average molecular weight is 254 g/mol. The Morgan fingerprint density at radius 2 is 2.25 bits per heavy atom. The average Bonchev–Trinajstić information content (AvgIpc) is 2.06. The van der Waals surface area contributed by atoms with Crippen molar-refractivity contribution in [1.82, 2.24) is 5.48 Å². The third-order valence-corrected chi connectivity index (χ3v) is 2.84. The fraction of sp³-hybridized carbons (Fsp3) is 0.143. The normalized spacial score (nSPS) is 10.3. The second-order valence-corrected chi connectivity index (χ2v) is 3.36. The van der Waals surface area contributed by atoms with Crippen LogP contribution in [0, 0.1) is 5.82 Å². The van der Waals surface area contributed by atoms with Crippen LogP contribution in [-0.2, 0) is 6.54 Å². The molecule has 2 N–H and O–H groups in total. The molecule has 0 saturated carbocycles. The van der Waals surface area contributed by atoms with E-state index in [2.05, 4.69) is 15.9 Å². The van der Waals surface area contributed by atoms with Crippen LogP contribution in [0.3, 0.4) is 0 Å². The standard InChI is InChI=1S/C7H6BrClFNO/c8-7-4(3-11-12)6(10)2-1-5(7)9/h1-2,11-12H,3H2. The molecule has 0 atom stereocenters. The number of nitrogens with one attached hydrogen (secondary N) is 1. The van der Waals surface area contributed by atoms with Crippen molar-refractivity contribution in [2.45, 2.75) is 6.54 Å². The third kappa shape index (κ3) is 1.95. The van der Waals surface area contributed by atoms with Crippen molar-refractivity contribution in [3.8, 4) is 0 Å². The molecule has 1 aromatic carbocycles. The summed E-state index contributed by atoms with van der Waals surface area (Å²) in [4.78, 5) is 0. The molecule has 0 spiro atoms. The highest BCUT2D eigenvalue weighted by molar-refractivity contribution is 9.10. The molecule has 0 heterocycles. The zero-order chi connectivity index (χ0) is 9.14. The lowest BCUT2D eigenvalue weighted by Crippen LogP contribution is -2.08. The van der Waals surface area contributed by atoms with Crippen LogP contribution in [0.2, 0.25) is 5.02 Å². The maximum Gasteiger partial charge on any atom is 0.129 e. The Morgan fingerprint density at radius 1 is 1.58 bits per heavy atom. The summed E-state index contributed by atoms with van der Waals surface area (Å²) in [5.41, 5.74) is 2.17. The highest BCUT2D eigenvalue weighted by Crippen LogP contribution is 2.28. The molecule has 0 unspecified atom stereocenters. The lowest BCUT2D eigenvalue weighted by Gasteiger charge is -2.05. The molecule has 0 amide bonds. The van der Waals surface area contributed by atoms with Gasteiger partial charge in [0.15, 0.2) is 0 Å². The van der Waals surface area contributed by atoms with Crippen molar-refractivity contribution >= 4 is 27.5 Å². The van der Waals surface area contributed by atoms with E-state index in [-0.39, 0.29) is 6.54 Å². The Labute approximate surface area is 82.4 Å². The molecule has 1 rings (SSSR count). The summed E-state index contributed by atoms with van der Waals surface area (Å²) >= 11 is 8.81. The molecule has 0 radical (unpaired) electrons. The molecule has 12 heavy (non-hydrogen) atoms. The van der Waals surface area contributed by atoms with Gasteiger partial charge in [0.1, 0.15) is 5.82 Å². The number of halogens is 3. The largest absolute Gasteiger partial charge is 0.316 e. The minimum atomic E-state index is -0.409. The highest BCUT2D eigenvalue weighted by atomic mass is 79.9. The SMILES string of the molecule is ONCc1c(F)ccc(Cl)c1Br. The van der Waals surface area contributed by atoms with Crippen molar-refractivity contribution < 1.29 is 9.60 Å². The van der Waals surface area contributed by atoms with Gasteiger partial charge in [-0.3, -0.25) is 0 Å². The molecule has 2 nitrogen and oxygen atoms in total. The topological polar surface area (TPSA) is 32.3 Å². The Kier molecular flexibility index (Phi) is 3.46. The van der Waals surface area contributed by atoms with Gasteiger partial charge in [0.2, 0.25) is 0 Å². The first-order chi connectivity index (χ1) is 5.66. The van der Waals surface area contributed by atoms with Crippen molar-refractivity contribution in [1.29, 1.82) is 0 Å². The number of hydrogen-bond acceptors (Lipinski definition) is 2. The van der Waals surface area contributed by atoms with Gasteiger partial charge >= 0.3 is 0 Å². The van der Waals surface area contributed by atoms with Crippen LogP contribution in [-0.4, -0.2) is 5.21 Å². The first-order valence-electron chi connectivity index (χ1n) is 3.16. The van der Waals surface area contributed by atoms with Gasteiger partial charge in [-0.1, -0.05) is 11.6 Å². The number of rotatable bonds is 2. The molecule has 0 saturated heterocycles. The molecule has 1 aromatic rings. The minimum absolute atomic E-state index is 0.0208. The quantitative estimate of drug-likeness (QED) is 0.628. The summed E-state index contributed by atoms with van der Waals surface area (Å²) in [7, 11) is 0. The predicted molar refractivity (Wildman–Crippen MR) is 47.7 cm³/mol. The zero-order valence-electron chi connectivity index (χ0n) is 5.94. The van der Waals surface area contributed by atoms with E-state index in [4.69, 9.17) is 16.8 Å². The van der Waals surface area contributed by atoms with E-state index in [0.29, 0.717) is 15.1 Å². The van der Waals surface area contributed by atoms with E-state index in [0.717, 1.165) is 0 Å². The van der Waals surface area contributed by atoms with Crippen LogP contribution >= 0.6 is 27.5 Å². The first-order valence-corrected chi connectivity index (χ1v) is 4.33. The summed E-state index contributed by atoms with van der Waals surface area (Å²) in [6, 6.07) is 2.70. The predicted octanol–water partition coefficient (Wildman–Crippen LogP) is 2.72. The third-order valence-electron chi connectivity index (χ3n) is 1.39. The molecule has 0 aliphatic heterocycles. The summed E-state index contributed by atoms with van der Waals surface area (Å²) in [6.07, 6.45) is 0. The Hall–Kier alpha value is -0.160. The van der Waals surface area contributed by atoms with Crippen LogP contribution < -0.4 is 5.48 Å². The van der Waals surface area contributed by atoms with Gasteiger partial charge in [0, 0.05) is 16.6 Å². The molecule has 66 valence electrons. The van der Waals surface area contributed by atoms with Gasteiger partial charge < -0.3 is 5.21 Å². The van der Waals surface area contributed by atoms with E-state index >= 15 is 0 Å². The van der Waals surface area contributed by atoms with Crippen molar-refractivity contribution in [2.75, 3.05) is 0 Å². The highest BCUT2D eigenvalue weighted by Gasteiger charge is 2.08. The summed E-state index contributed by atoms with van der Waals surface area (Å²) in [6.45, 7) is 0.0208. The fourth-order valence-electron chi connectivity index (χ4n) is 0.810. The Balaban J connectivity index is 3.14. The van der Waals surface area contributed by atoms with E-state index in [1.54, 1.807) is 0 Å². The summed E-state index contributed by atoms with van der Waals surface area (Å²) in [5, 5.41) is 8.80. The second-order valence-electron chi connectivity index (χ2n) is 2.16. The van der Waals surface area contributed by atoms with E-state index < -0.39 is 5.82 Å². The van der Waals surface area contributed by atoms with Crippen LogP contribution in [0.5, 0.6) is 0 Å². The number of benzene rings is 1. The second kappa shape index (κ2) is 4.18. The van der Waals surface area contributed by atoms with Crippen molar-refractivity contribution in [2.24, 2.45) is 0 Å². The maximum absolute atomic E-state index is 13.0. The molecule has 0 aromatic heterocycles. The smallest absolute Gasteiger partial charge is 0.129 e. The summed E-state index contributed by atoms with van der Waals surface area (Å²) in [5.74, 6) is -0.409. The molecular formula is C7H6BrClFNO. The van der Waals surface area contributed by atoms with Crippen molar-refractivity contribution in [3.63, 3.8) is 0 Å². The summed E-state index contributed by atoms with van der Waals surface area (Å²) < 4.78 is 13.4. The molecule has 5 heteroatoms. The number of hydrogen-bond donors (Lipinski definition) is 2.